The van der Waals surface area contributed by atoms with Crippen LogP contribution in [0.4, 0.5) is 4.39 Å². The molecular formula is C11H13ClFN. The van der Waals surface area contributed by atoms with Crippen LogP contribution < -0.4 is 5.32 Å². The average Bonchev–Trinajstić information content (AvgIpc) is 2.19. The topological polar surface area (TPSA) is 12.0 Å². The van der Waals surface area contributed by atoms with Crippen LogP contribution in [0.1, 0.15) is 24.3 Å². The first-order valence-electron chi connectivity index (χ1n) is 4.93. The Balaban J connectivity index is 2.22. The van der Waals surface area contributed by atoms with Gasteiger partial charge in [-0.05, 0) is 43.0 Å². The minimum atomic E-state index is -0.262. The van der Waals surface area contributed by atoms with Crippen LogP contribution in [-0.4, -0.2) is 13.1 Å². The van der Waals surface area contributed by atoms with E-state index in [1.165, 1.54) is 18.6 Å². The van der Waals surface area contributed by atoms with Gasteiger partial charge in [-0.1, -0.05) is 17.7 Å². The fraction of sp³-hybridized carbons (Fsp3) is 0.455. The van der Waals surface area contributed by atoms with Gasteiger partial charge in [-0.15, -0.1) is 0 Å². The summed E-state index contributed by atoms with van der Waals surface area (Å²) < 4.78 is 12.8. The van der Waals surface area contributed by atoms with Gasteiger partial charge in [0.2, 0.25) is 0 Å². The highest BCUT2D eigenvalue weighted by Gasteiger charge is 2.17. The molecule has 14 heavy (non-hydrogen) atoms. The van der Waals surface area contributed by atoms with E-state index in [-0.39, 0.29) is 5.82 Å². The maximum atomic E-state index is 12.8. The molecule has 0 saturated carbocycles. The largest absolute Gasteiger partial charge is 0.316 e. The molecule has 1 aliphatic heterocycles. The molecule has 1 N–H and O–H groups in total. The Morgan fingerprint density at radius 3 is 2.93 bits per heavy atom. The van der Waals surface area contributed by atoms with Crippen molar-refractivity contribution < 1.29 is 4.39 Å². The molecule has 1 heterocycles. The lowest BCUT2D eigenvalue weighted by atomic mass is 9.92. The Bertz CT molecular complexity index is 321. The number of benzene rings is 1. The molecule has 0 aromatic heterocycles. The van der Waals surface area contributed by atoms with Crippen LogP contribution in [0, 0.1) is 5.82 Å². The van der Waals surface area contributed by atoms with E-state index in [4.69, 9.17) is 11.6 Å². The molecule has 1 aromatic carbocycles. The second-order valence-electron chi connectivity index (χ2n) is 3.71. The number of hydrogen-bond donors (Lipinski definition) is 1. The first-order chi connectivity index (χ1) is 6.77. The Hall–Kier alpha value is -0.600. The molecule has 0 bridgehead atoms. The summed E-state index contributed by atoms with van der Waals surface area (Å²) >= 11 is 6.00. The van der Waals surface area contributed by atoms with E-state index in [0.717, 1.165) is 25.1 Å². The van der Waals surface area contributed by atoms with Gasteiger partial charge in [-0.2, -0.15) is 0 Å². The highest BCUT2D eigenvalue weighted by Crippen LogP contribution is 2.29. The fourth-order valence-corrected chi connectivity index (χ4v) is 2.27. The Kier molecular flexibility index (Phi) is 3.04. The molecule has 0 amide bonds. The quantitative estimate of drug-likeness (QED) is 0.757. The van der Waals surface area contributed by atoms with Crippen molar-refractivity contribution in [2.45, 2.75) is 18.8 Å². The van der Waals surface area contributed by atoms with Gasteiger partial charge in [0.1, 0.15) is 5.82 Å². The molecule has 1 nitrogen and oxygen atoms in total. The molecule has 0 spiro atoms. The van der Waals surface area contributed by atoms with Gasteiger partial charge >= 0.3 is 0 Å². The number of hydrogen-bond acceptors (Lipinski definition) is 1. The summed E-state index contributed by atoms with van der Waals surface area (Å²) in [5.41, 5.74) is 1.07. The van der Waals surface area contributed by atoms with Crippen molar-refractivity contribution in [1.29, 1.82) is 0 Å². The van der Waals surface area contributed by atoms with Gasteiger partial charge in [0, 0.05) is 11.6 Å². The second kappa shape index (κ2) is 4.28. The van der Waals surface area contributed by atoms with E-state index in [2.05, 4.69) is 5.32 Å². The summed E-state index contributed by atoms with van der Waals surface area (Å²) in [7, 11) is 0. The van der Waals surface area contributed by atoms with E-state index >= 15 is 0 Å². The predicted octanol–water partition coefficient (Wildman–Crippen LogP) is 2.95. The Morgan fingerprint density at radius 2 is 2.29 bits per heavy atom. The van der Waals surface area contributed by atoms with Crippen molar-refractivity contribution >= 4 is 11.6 Å². The lowest BCUT2D eigenvalue weighted by Crippen LogP contribution is -2.28. The van der Waals surface area contributed by atoms with Crippen molar-refractivity contribution in [2.75, 3.05) is 13.1 Å². The Labute approximate surface area is 88.3 Å². The summed E-state index contributed by atoms with van der Waals surface area (Å²) in [6.45, 7) is 2.03. The molecule has 3 heteroatoms. The van der Waals surface area contributed by atoms with Gasteiger partial charge in [-0.3, -0.25) is 0 Å². The van der Waals surface area contributed by atoms with Crippen LogP contribution in [0.15, 0.2) is 18.2 Å². The minimum absolute atomic E-state index is 0.262. The fourth-order valence-electron chi connectivity index (χ4n) is 1.95. The molecule has 1 aliphatic rings. The zero-order valence-corrected chi connectivity index (χ0v) is 8.65. The molecule has 2 rings (SSSR count). The highest BCUT2D eigenvalue weighted by molar-refractivity contribution is 6.31. The van der Waals surface area contributed by atoms with Crippen LogP contribution in [0.25, 0.3) is 0 Å². The lowest BCUT2D eigenvalue weighted by Gasteiger charge is -2.23. The van der Waals surface area contributed by atoms with Gasteiger partial charge in [0.25, 0.3) is 0 Å². The molecule has 1 fully saturated rings. The van der Waals surface area contributed by atoms with Crippen LogP contribution in [0.5, 0.6) is 0 Å². The standard InChI is InChI=1S/C11H13ClFN/c12-11-6-9(13)3-4-10(11)8-2-1-5-14-7-8/h3-4,6,8,14H,1-2,5,7H2. The molecule has 76 valence electrons. The first kappa shape index (κ1) is 9.94. The normalized spacial score (nSPS) is 22.3. The maximum absolute atomic E-state index is 12.8. The van der Waals surface area contributed by atoms with Crippen molar-refractivity contribution in [3.63, 3.8) is 0 Å². The van der Waals surface area contributed by atoms with Gasteiger partial charge in [0.15, 0.2) is 0 Å². The van der Waals surface area contributed by atoms with Gasteiger partial charge in [0.05, 0.1) is 0 Å². The van der Waals surface area contributed by atoms with Crippen LogP contribution >= 0.6 is 11.6 Å². The van der Waals surface area contributed by atoms with Gasteiger partial charge < -0.3 is 5.32 Å². The summed E-state index contributed by atoms with van der Waals surface area (Å²) in [5, 5.41) is 3.88. The second-order valence-corrected chi connectivity index (χ2v) is 4.12. The molecule has 1 aromatic rings. The molecule has 0 aliphatic carbocycles. The van der Waals surface area contributed by atoms with E-state index < -0.39 is 0 Å². The molecule has 0 radical (unpaired) electrons. The monoisotopic (exact) mass is 213 g/mol. The van der Waals surface area contributed by atoms with Crippen molar-refractivity contribution in [3.8, 4) is 0 Å². The lowest BCUT2D eigenvalue weighted by molar-refractivity contribution is 0.461. The smallest absolute Gasteiger partial charge is 0.124 e. The number of nitrogens with one attached hydrogen (secondary N) is 1. The van der Waals surface area contributed by atoms with Crippen molar-refractivity contribution in [2.24, 2.45) is 0 Å². The summed E-state index contributed by atoms with van der Waals surface area (Å²) in [4.78, 5) is 0. The summed E-state index contributed by atoms with van der Waals surface area (Å²) in [6, 6.07) is 4.68. The maximum Gasteiger partial charge on any atom is 0.124 e. The van der Waals surface area contributed by atoms with E-state index in [9.17, 15) is 4.39 Å². The van der Waals surface area contributed by atoms with Crippen molar-refractivity contribution in [3.05, 3.63) is 34.6 Å². The molecule has 1 unspecified atom stereocenters. The van der Waals surface area contributed by atoms with E-state index in [0.29, 0.717) is 10.9 Å². The van der Waals surface area contributed by atoms with E-state index in [1.54, 1.807) is 6.07 Å². The van der Waals surface area contributed by atoms with Gasteiger partial charge in [-0.25, -0.2) is 4.39 Å². The van der Waals surface area contributed by atoms with Crippen LogP contribution in [-0.2, 0) is 0 Å². The van der Waals surface area contributed by atoms with E-state index in [1.807, 2.05) is 0 Å². The summed E-state index contributed by atoms with van der Waals surface area (Å²) in [6.07, 6.45) is 2.30. The number of halogens is 2. The predicted molar refractivity (Wildman–Crippen MR) is 56.3 cm³/mol. The average molecular weight is 214 g/mol. The third-order valence-electron chi connectivity index (χ3n) is 2.70. The zero-order chi connectivity index (χ0) is 9.97. The number of rotatable bonds is 1. The zero-order valence-electron chi connectivity index (χ0n) is 7.89. The number of piperidine rings is 1. The summed E-state index contributed by atoms with van der Waals surface area (Å²) in [5.74, 6) is 0.180. The molecule has 1 atom stereocenters. The molecule has 1 saturated heterocycles. The molecular weight excluding hydrogens is 201 g/mol. The third kappa shape index (κ3) is 2.07. The van der Waals surface area contributed by atoms with Crippen molar-refractivity contribution in [1.82, 2.24) is 5.32 Å². The van der Waals surface area contributed by atoms with Crippen LogP contribution in [0.3, 0.4) is 0 Å². The highest BCUT2D eigenvalue weighted by atomic mass is 35.5. The minimum Gasteiger partial charge on any atom is -0.316 e. The first-order valence-corrected chi connectivity index (χ1v) is 5.31. The van der Waals surface area contributed by atoms with Crippen LogP contribution in [0.2, 0.25) is 5.02 Å². The Morgan fingerprint density at radius 1 is 1.43 bits per heavy atom. The SMILES string of the molecule is Fc1ccc(C2CCCNC2)c(Cl)c1. The third-order valence-corrected chi connectivity index (χ3v) is 3.03.